The van der Waals surface area contributed by atoms with Crippen molar-refractivity contribution >= 4 is 27.5 Å². The predicted molar refractivity (Wildman–Crippen MR) is 59.1 cm³/mol. The average molecular weight is 309 g/mol. The lowest BCUT2D eigenvalue weighted by molar-refractivity contribution is 0.542. The fourth-order valence-corrected chi connectivity index (χ4v) is 1.92. The van der Waals surface area contributed by atoms with Crippen LogP contribution >= 0.6 is 27.5 Å². The molecule has 1 heterocycles. The molecule has 2 nitrogen and oxygen atoms in total. The maximum atomic E-state index is 13.6. The number of hydrogen-bond donors (Lipinski definition) is 0. The molecule has 0 saturated heterocycles. The molecule has 1 aromatic heterocycles. The number of oxazole rings is 1. The summed E-state index contributed by atoms with van der Waals surface area (Å²) < 4.78 is 32.5. The molecule has 0 N–H and O–H groups in total. The molecule has 16 heavy (non-hydrogen) atoms. The van der Waals surface area contributed by atoms with E-state index in [2.05, 4.69) is 20.9 Å². The van der Waals surface area contributed by atoms with Gasteiger partial charge in [-0.1, -0.05) is 15.9 Å². The van der Waals surface area contributed by atoms with Crippen LogP contribution in [-0.4, -0.2) is 4.98 Å². The third kappa shape index (κ3) is 1.97. The van der Waals surface area contributed by atoms with Crippen LogP contribution in [0.15, 0.2) is 27.4 Å². The maximum Gasteiger partial charge on any atom is 0.181 e. The van der Waals surface area contributed by atoms with Gasteiger partial charge in [-0.2, -0.15) is 0 Å². The zero-order valence-corrected chi connectivity index (χ0v) is 10.1. The Kier molecular flexibility index (Phi) is 3.25. The quantitative estimate of drug-likeness (QED) is 0.780. The Morgan fingerprint density at radius 1 is 1.31 bits per heavy atom. The molecule has 0 amide bonds. The summed E-state index contributed by atoms with van der Waals surface area (Å²) in [7, 11) is 0. The Labute approximate surface area is 103 Å². The van der Waals surface area contributed by atoms with Crippen LogP contribution in [0.2, 0.25) is 0 Å². The first-order valence-corrected chi connectivity index (χ1v) is 5.59. The molecule has 0 aliphatic carbocycles. The van der Waals surface area contributed by atoms with Gasteiger partial charge in [-0.15, -0.1) is 11.6 Å². The van der Waals surface area contributed by atoms with Crippen LogP contribution in [-0.2, 0) is 5.88 Å². The zero-order valence-electron chi connectivity index (χ0n) is 7.81. The smallest absolute Gasteiger partial charge is 0.181 e. The number of halogens is 4. The minimum atomic E-state index is -0.727. The average Bonchev–Trinajstić information content (AvgIpc) is 2.64. The van der Waals surface area contributed by atoms with Gasteiger partial charge in [0.2, 0.25) is 0 Å². The molecule has 0 fully saturated rings. The topological polar surface area (TPSA) is 26.0 Å². The molecule has 0 saturated carbocycles. The summed E-state index contributed by atoms with van der Waals surface area (Å²) in [6.07, 6.45) is 1.11. The molecule has 0 radical (unpaired) electrons. The highest BCUT2D eigenvalue weighted by Gasteiger charge is 2.19. The minimum absolute atomic E-state index is 0.0255. The summed E-state index contributed by atoms with van der Waals surface area (Å²) in [5.74, 6) is -1.40. The van der Waals surface area contributed by atoms with Crippen LogP contribution in [0.25, 0.3) is 11.3 Å². The van der Waals surface area contributed by atoms with Gasteiger partial charge in [0.1, 0.15) is 17.3 Å². The first-order valence-electron chi connectivity index (χ1n) is 4.26. The van der Waals surface area contributed by atoms with Crippen LogP contribution in [0.4, 0.5) is 8.78 Å². The van der Waals surface area contributed by atoms with E-state index in [-0.39, 0.29) is 17.2 Å². The molecule has 0 unspecified atom stereocenters. The maximum absolute atomic E-state index is 13.6. The SMILES string of the molecule is Fc1cc(Br)cc(F)c1-c1ocnc1CCl. The molecule has 0 bridgehead atoms. The fraction of sp³-hybridized carbons (Fsp3) is 0.100. The molecule has 6 heteroatoms. The highest BCUT2D eigenvalue weighted by Crippen LogP contribution is 2.31. The van der Waals surface area contributed by atoms with Gasteiger partial charge in [0, 0.05) is 4.47 Å². The van der Waals surface area contributed by atoms with Gasteiger partial charge in [-0.25, -0.2) is 13.8 Å². The number of nitrogens with zero attached hydrogens (tertiary/aromatic N) is 1. The first kappa shape index (κ1) is 11.5. The lowest BCUT2D eigenvalue weighted by Gasteiger charge is -2.03. The standard InChI is InChI=1S/C10H5BrClF2NO/c11-5-1-6(13)9(7(14)2-5)10-8(3-12)15-4-16-10/h1-2,4H,3H2. The fourth-order valence-electron chi connectivity index (χ4n) is 1.33. The van der Waals surface area contributed by atoms with E-state index in [0.29, 0.717) is 10.2 Å². The van der Waals surface area contributed by atoms with Crippen molar-refractivity contribution in [2.75, 3.05) is 0 Å². The van der Waals surface area contributed by atoms with Crippen LogP contribution in [0.5, 0.6) is 0 Å². The first-order chi connectivity index (χ1) is 7.63. The molecule has 1 aromatic carbocycles. The van der Waals surface area contributed by atoms with Crippen molar-refractivity contribution in [3.63, 3.8) is 0 Å². The predicted octanol–water partition coefficient (Wildman–Crippen LogP) is 4.12. The largest absolute Gasteiger partial charge is 0.443 e. The van der Waals surface area contributed by atoms with Gasteiger partial charge in [0.15, 0.2) is 12.2 Å². The number of alkyl halides is 1. The molecular weight excluding hydrogens is 303 g/mol. The number of rotatable bonds is 2. The van der Waals surface area contributed by atoms with E-state index in [0.717, 1.165) is 18.5 Å². The Bertz CT molecular complexity index is 506. The Morgan fingerprint density at radius 3 is 2.50 bits per heavy atom. The van der Waals surface area contributed by atoms with E-state index >= 15 is 0 Å². The van der Waals surface area contributed by atoms with E-state index in [1.165, 1.54) is 0 Å². The number of aromatic nitrogens is 1. The second kappa shape index (κ2) is 4.51. The molecule has 2 aromatic rings. The lowest BCUT2D eigenvalue weighted by Crippen LogP contribution is -1.92. The summed E-state index contributed by atoms with van der Waals surface area (Å²) in [4.78, 5) is 3.77. The number of hydrogen-bond acceptors (Lipinski definition) is 2. The van der Waals surface area contributed by atoms with E-state index in [9.17, 15) is 8.78 Å². The van der Waals surface area contributed by atoms with Crippen LogP contribution in [0.1, 0.15) is 5.69 Å². The van der Waals surface area contributed by atoms with Gasteiger partial charge < -0.3 is 4.42 Å². The van der Waals surface area contributed by atoms with Crippen molar-refractivity contribution in [3.05, 3.63) is 40.3 Å². The summed E-state index contributed by atoms with van der Waals surface area (Å²) in [5, 5.41) is 0. The third-order valence-corrected chi connectivity index (χ3v) is 2.71. The lowest BCUT2D eigenvalue weighted by atomic mass is 10.1. The number of benzene rings is 1. The van der Waals surface area contributed by atoms with Crippen molar-refractivity contribution in [2.24, 2.45) is 0 Å². The van der Waals surface area contributed by atoms with Crippen molar-refractivity contribution in [1.29, 1.82) is 0 Å². The summed E-state index contributed by atoms with van der Waals surface area (Å²) in [6, 6.07) is 2.30. The van der Waals surface area contributed by atoms with Crippen LogP contribution < -0.4 is 0 Å². The van der Waals surface area contributed by atoms with Gasteiger partial charge in [0.05, 0.1) is 11.4 Å². The minimum Gasteiger partial charge on any atom is -0.443 e. The Hall–Kier alpha value is -0.940. The summed E-state index contributed by atoms with van der Waals surface area (Å²) in [5.41, 5.74) is 0.0538. The van der Waals surface area contributed by atoms with E-state index in [1.54, 1.807) is 0 Å². The van der Waals surface area contributed by atoms with Crippen LogP contribution in [0.3, 0.4) is 0 Å². The van der Waals surface area contributed by atoms with Crippen LogP contribution in [0, 0.1) is 11.6 Å². The third-order valence-electron chi connectivity index (χ3n) is 2.00. The Balaban J connectivity index is 2.64. The monoisotopic (exact) mass is 307 g/mol. The van der Waals surface area contributed by atoms with Crippen molar-refractivity contribution < 1.29 is 13.2 Å². The van der Waals surface area contributed by atoms with Gasteiger partial charge >= 0.3 is 0 Å². The van der Waals surface area contributed by atoms with Crippen molar-refractivity contribution in [1.82, 2.24) is 4.98 Å². The molecule has 0 aliphatic rings. The Morgan fingerprint density at radius 2 is 1.94 bits per heavy atom. The second-order valence-corrected chi connectivity index (χ2v) is 4.19. The summed E-state index contributed by atoms with van der Waals surface area (Å²) in [6.45, 7) is 0. The molecule has 0 spiro atoms. The van der Waals surface area contributed by atoms with Crippen molar-refractivity contribution in [2.45, 2.75) is 5.88 Å². The normalized spacial score (nSPS) is 10.8. The van der Waals surface area contributed by atoms with Gasteiger partial charge in [0.25, 0.3) is 0 Å². The second-order valence-electron chi connectivity index (χ2n) is 3.01. The molecule has 84 valence electrons. The molecule has 2 rings (SSSR count). The molecule has 0 aliphatic heterocycles. The van der Waals surface area contributed by atoms with E-state index in [4.69, 9.17) is 16.0 Å². The van der Waals surface area contributed by atoms with E-state index in [1.807, 2.05) is 0 Å². The van der Waals surface area contributed by atoms with Crippen molar-refractivity contribution in [3.8, 4) is 11.3 Å². The highest BCUT2D eigenvalue weighted by molar-refractivity contribution is 9.10. The molecule has 0 atom stereocenters. The zero-order chi connectivity index (χ0) is 11.7. The van der Waals surface area contributed by atoms with Gasteiger partial charge in [-0.05, 0) is 12.1 Å². The highest BCUT2D eigenvalue weighted by atomic mass is 79.9. The van der Waals surface area contributed by atoms with E-state index < -0.39 is 11.6 Å². The summed E-state index contributed by atoms with van der Waals surface area (Å²) >= 11 is 8.58. The molecular formula is C10H5BrClF2NO. The van der Waals surface area contributed by atoms with Gasteiger partial charge in [-0.3, -0.25) is 0 Å².